The fraction of sp³-hybridized carbons (Fsp3) is 0.667. The Balaban J connectivity index is 2.11. The van der Waals surface area contributed by atoms with Crippen LogP contribution >= 0.6 is 0 Å². The second-order valence-electron chi connectivity index (χ2n) is 6.15. The molecule has 0 amide bonds. The van der Waals surface area contributed by atoms with Gasteiger partial charge in [-0.2, -0.15) is 5.10 Å². The first-order chi connectivity index (χ1) is 9.60. The van der Waals surface area contributed by atoms with Gasteiger partial charge in [0.25, 0.3) is 0 Å². The summed E-state index contributed by atoms with van der Waals surface area (Å²) >= 11 is 0. The molecule has 1 fully saturated rings. The van der Waals surface area contributed by atoms with Gasteiger partial charge in [-0.15, -0.1) is 0 Å². The van der Waals surface area contributed by atoms with Crippen LogP contribution in [0.25, 0.3) is 11.0 Å². The van der Waals surface area contributed by atoms with Gasteiger partial charge >= 0.3 is 0 Å². The molecule has 3 rings (SSSR count). The average Bonchev–Trinajstić information content (AvgIpc) is 2.74. The van der Waals surface area contributed by atoms with E-state index in [1.165, 1.54) is 6.42 Å². The van der Waals surface area contributed by atoms with Crippen LogP contribution in [-0.4, -0.2) is 32.8 Å². The van der Waals surface area contributed by atoms with Gasteiger partial charge in [-0.25, -0.2) is 9.97 Å². The maximum absolute atomic E-state index is 4.59. The molecule has 1 aliphatic heterocycles. The summed E-state index contributed by atoms with van der Waals surface area (Å²) in [7, 11) is 0. The smallest absolute Gasteiger partial charge is 0.158 e. The molecule has 0 aromatic carbocycles. The van der Waals surface area contributed by atoms with Crippen molar-refractivity contribution in [1.82, 2.24) is 19.7 Å². The van der Waals surface area contributed by atoms with Gasteiger partial charge in [-0.05, 0) is 32.1 Å². The molecule has 0 saturated carbocycles. The second kappa shape index (κ2) is 5.04. The minimum Gasteiger partial charge on any atom is -0.354 e. The molecule has 0 spiro atoms. The van der Waals surface area contributed by atoms with Crippen LogP contribution < -0.4 is 4.90 Å². The van der Waals surface area contributed by atoms with Crippen molar-refractivity contribution in [3.63, 3.8) is 0 Å². The maximum atomic E-state index is 4.59. The van der Waals surface area contributed by atoms with Crippen LogP contribution in [0, 0.1) is 18.8 Å². The van der Waals surface area contributed by atoms with Crippen LogP contribution in [0.3, 0.4) is 0 Å². The molecule has 2 aromatic rings. The minimum absolute atomic E-state index is 0.711. The summed E-state index contributed by atoms with van der Waals surface area (Å²) in [5, 5.41) is 4.59. The van der Waals surface area contributed by atoms with Crippen LogP contribution in [0.1, 0.15) is 32.9 Å². The monoisotopic (exact) mass is 273 g/mol. The van der Waals surface area contributed by atoms with Crippen molar-refractivity contribution in [3.05, 3.63) is 12.0 Å². The molecule has 2 aromatic heterocycles. The molecular weight excluding hydrogens is 250 g/mol. The fourth-order valence-corrected chi connectivity index (χ4v) is 3.45. The van der Waals surface area contributed by atoms with Gasteiger partial charge in [0.1, 0.15) is 17.4 Å². The molecule has 0 radical (unpaired) electrons. The van der Waals surface area contributed by atoms with E-state index in [2.05, 4.69) is 40.7 Å². The lowest BCUT2D eigenvalue weighted by molar-refractivity contribution is 0.355. The highest BCUT2D eigenvalue weighted by atomic mass is 15.3. The van der Waals surface area contributed by atoms with Gasteiger partial charge < -0.3 is 4.90 Å². The predicted molar refractivity (Wildman–Crippen MR) is 80.9 cm³/mol. The van der Waals surface area contributed by atoms with E-state index in [-0.39, 0.29) is 0 Å². The topological polar surface area (TPSA) is 46.8 Å². The van der Waals surface area contributed by atoms with E-state index in [4.69, 9.17) is 0 Å². The number of piperidine rings is 1. The van der Waals surface area contributed by atoms with E-state index in [0.717, 1.165) is 42.2 Å². The summed E-state index contributed by atoms with van der Waals surface area (Å²) in [6, 6.07) is 0. The molecule has 5 heteroatoms. The Labute approximate surface area is 120 Å². The van der Waals surface area contributed by atoms with E-state index in [1.807, 2.05) is 11.6 Å². The van der Waals surface area contributed by atoms with E-state index < -0.39 is 0 Å². The lowest BCUT2D eigenvalue weighted by atomic mass is 9.92. The van der Waals surface area contributed by atoms with E-state index >= 15 is 0 Å². The van der Waals surface area contributed by atoms with Gasteiger partial charge in [-0.3, -0.25) is 4.68 Å². The molecule has 0 bridgehead atoms. The Morgan fingerprint density at radius 1 is 1.20 bits per heavy atom. The SMILES string of the molecule is CCn1nc(C)c2ncnc(N3C[C@H](C)C[C@@H](C)C3)c21. The summed E-state index contributed by atoms with van der Waals surface area (Å²) in [5.74, 6) is 2.47. The average molecular weight is 273 g/mol. The Morgan fingerprint density at radius 3 is 2.55 bits per heavy atom. The molecule has 0 unspecified atom stereocenters. The molecule has 2 atom stereocenters. The molecule has 1 saturated heterocycles. The number of aryl methyl sites for hydroxylation is 2. The highest BCUT2D eigenvalue weighted by Crippen LogP contribution is 2.30. The highest BCUT2D eigenvalue weighted by Gasteiger charge is 2.25. The molecule has 0 aliphatic carbocycles. The van der Waals surface area contributed by atoms with Crippen molar-refractivity contribution in [1.29, 1.82) is 0 Å². The summed E-state index contributed by atoms with van der Waals surface area (Å²) in [6.45, 7) is 11.8. The van der Waals surface area contributed by atoms with E-state index in [9.17, 15) is 0 Å². The number of rotatable bonds is 2. The van der Waals surface area contributed by atoms with Crippen molar-refractivity contribution < 1.29 is 0 Å². The third kappa shape index (κ3) is 2.15. The van der Waals surface area contributed by atoms with Crippen LogP contribution in [-0.2, 0) is 6.54 Å². The molecule has 3 heterocycles. The Kier molecular flexibility index (Phi) is 3.36. The highest BCUT2D eigenvalue weighted by molar-refractivity contribution is 5.87. The van der Waals surface area contributed by atoms with Crippen molar-refractivity contribution in [2.75, 3.05) is 18.0 Å². The number of anilines is 1. The molecule has 20 heavy (non-hydrogen) atoms. The number of hydrogen-bond donors (Lipinski definition) is 0. The van der Waals surface area contributed by atoms with Gasteiger partial charge in [0.15, 0.2) is 5.82 Å². The first-order valence-electron chi connectivity index (χ1n) is 7.53. The first kappa shape index (κ1) is 13.3. The van der Waals surface area contributed by atoms with Gasteiger partial charge in [-0.1, -0.05) is 13.8 Å². The summed E-state index contributed by atoms with van der Waals surface area (Å²) < 4.78 is 2.03. The molecule has 1 aliphatic rings. The van der Waals surface area contributed by atoms with Gasteiger partial charge in [0, 0.05) is 19.6 Å². The maximum Gasteiger partial charge on any atom is 0.158 e. The Bertz CT molecular complexity index is 608. The van der Waals surface area contributed by atoms with E-state index in [1.54, 1.807) is 6.33 Å². The summed E-state index contributed by atoms with van der Waals surface area (Å²) in [4.78, 5) is 11.4. The normalized spacial score (nSPS) is 23.5. The molecule has 108 valence electrons. The third-order valence-corrected chi connectivity index (χ3v) is 4.14. The van der Waals surface area contributed by atoms with Crippen LogP contribution in [0.15, 0.2) is 6.33 Å². The predicted octanol–water partition coefficient (Wildman–Crippen LogP) is 2.64. The van der Waals surface area contributed by atoms with E-state index in [0.29, 0.717) is 11.8 Å². The Morgan fingerprint density at radius 2 is 1.90 bits per heavy atom. The molecule has 0 N–H and O–H groups in total. The molecular formula is C15H23N5. The first-order valence-corrected chi connectivity index (χ1v) is 7.53. The van der Waals surface area contributed by atoms with Gasteiger partial charge in [0.2, 0.25) is 0 Å². The zero-order valence-corrected chi connectivity index (χ0v) is 12.8. The molecule has 5 nitrogen and oxygen atoms in total. The third-order valence-electron chi connectivity index (χ3n) is 4.14. The lowest BCUT2D eigenvalue weighted by Gasteiger charge is -2.36. The fourth-order valence-electron chi connectivity index (χ4n) is 3.45. The van der Waals surface area contributed by atoms with Crippen LogP contribution in [0.2, 0.25) is 0 Å². The zero-order valence-electron chi connectivity index (χ0n) is 12.8. The minimum atomic E-state index is 0.711. The number of aromatic nitrogens is 4. The largest absolute Gasteiger partial charge is 0.354 e. The zero-order chi connectivity index (χ0) is 14.3. The summed E-state index contributed by atoms with van der Waals surface area (Å²) in [6.07, 6.45) is 2.98. The standard InChI is InChI=1S/C15H23N5/c1-5-20-14-13(12(4)18-20)16-9-17-15(14)19-7-10(2)6-11(3)8-19/h9-11H,5-8H2,1-4H3/t10-,11-/m1/s1. The number of hydrogen-bond acceptors (Lipinski definition) is 4. The van der Waals surface area contributed by atoms with Gasteiger partial charge in [0.05, 0.1) is 5.69 Å². The number of nitrogens with zero attached hydrogens (tertiary/aromatic N) is 5. The van der Waals surface area contributed by atoms with Crippen LogP contribution in [0.5, 0.6) is 0 Å². The lowest BCUT2D eigenvalue weighted by Crippen LogP contribution is -2.39. The second-order valence-corrected chi connectivity index (χ2v) is 6.15. The van der Waals surface area contributed by atoms with Crippen molar-refractivity contribution in [2.24, 2.45) is 11.8 Å². The summed E-state index contributed by atoms with van der Waals surface area (Å²) in [5.41, 5.74) is 3.07. The number of fused-ring (bicyclic) bond motifs is 1. The van der Waals surface area contributed by atoms with Crippen LogP contribution in [0.4, 0.5) is 5.82 Å². The Hall–Kier alpha value is -1.65. The quantitative estimate of drug-likeness (QED) is 0.844. The van der Waals surface area contributed by atoms with Crippen molar-refractivity contribution in [3.8, 4) is 0 Å². The van der Waals surface area contributed by atoms with Crippen molar-refractivity contribution >= 4 is 16.9 Å². The van der Waals surface area contributed by atoms with Crippen molar-refractivity contribution in [2.45, 2.75) is 40.7 Å².